The highest BCUT2D eigenvalue weighted by Crippen LogP contribution is 2.21. The van der Waals surface area contributed by atoms with Crippen molar-refractivity contribution in [2.75, 3.05) is 18.4 Å². The summed E-state index contributed by atoms with van der Waals surface area (Å²) in [5.74, 6) is 0. The number of carbonyl (C=O) groups excluding carboxylic acids is 1. The van der Waals surface area contributed by atoms with Crippen LogP contribution in [-0.2, 0) is 4.74 Å². The molecule has 1 N–H and O–H groups in total. The van der Waals surface area contributed by atoms with E-state index in [0.29, 0.717) is 18.7 Å². The lowest BCUT2D eigenvalue weighted by Gasteiger charge is -2.34. The number of amides is 1. The van der Waals surface area contributed by atoms with Crippen molar-refractivity contribution >= 4 is 11.8 Å². The van der Waals surface area contributed by atoms with Crippen LogP contribution in [0, 0.1) is 11.3 Å². The van der Waals surface area contributed by atoms with Crippen molar-refractivity contribution in [2.24, 2.45) is 0 Å². The fraction of sp³-hybridized carbons (Fsp3) is 0.529. The molecule has 0 aromatic heterocycles. The highest BCUT2D eigenvalue weighted by molar-refractivity contribution is 5.68. The molecule has 22 heavy (non-hydrogen) atoms. The van der Waals surface area contributed by atoms with Crippen molar-refractivity contribution in [1.29, 1.82) is 5.26 Å². The molecule has 1 aromatic carbocycles. The van der Waals surface area contributed by atoms with Gasteiger partial charge in [0, 0.05) is 19.1 Å². The Bertz CT molecular complexity index is 564. The van der Waals surface area contributed by atoms with E-state index >= 15 is 0 Å². The van der Waals surface area contributed by atoms with E-state index in [0.717, 1.165) is 18.5 Å². The van der Waals surface area contributed by atoms with Crippen LogP contribution in [0.2, 0.25) is 0 Å². The van der Waals surface area contributed by atoms with Crippen LogP contribution in [0.25, 0.3) is 0 Å². The number of ether oxygens (including phenoxy) is 1. The maximum absolute atomic E-state index is 12.0. The molecule has 118 valence electrons. The lowest BCUT2D eigenvalue weighted by molar-refractivity contribution is 0.0210. The van der Waals surface area contributed by atoms with Crippen LogP contribution in [0.4, 0.5) is 10.5 Å². The fourth-order valence-corrected chi connectivity index (χ4v) is 2.46. The monoisotopic (exact) mass is 301 g/mol. The SMILES string of the molecule is CC(C)(C)OC(=O)N1CCC(Nc2ccccc2C#N)CC1. The molecule has 1 aromatic rings. The van der Waals surface area contributed by atoms with E-state index in [1.807, 2.05) is 39.0 Å². The summed E-state index contributed by atoms with van der Waals surface area (Å²) in [6.07, 6.45) is 1.45. The zero-order valence-corrected chi connectivity index (χ0v) is 13.4. The number of para-hydroxylation sites is 1. The summed E-state index contributed by atoms with van der Waals surface area (Å²) < 4.78 is 5.39. The summed E-state index contributed by atoms with van der Waals surface area (Å²) >= 11 is 0. The molecule has 0 atom stereocenters. The molecule has 0 bridgehead atoms. The molecule has 1 saturated heterocycles. The van der Waals surface area contributed by atoms with Gasteiger partial charge >= 0.3 is 6.09 Å². The van der Waals surface area contributed by atoms with Gasteiger partial charge in [-0.1, -0.05) is 12.1 Å². The Morgan fingerprint density at radius 3 is 2.55 bits per heavy atom. The number of hydrogen-bond acceptors (Lipinski definition) is 4. The summed E-state index contributed by atoms with van der Waals surface area (Å²) in [5, 5.41) is 12.5. The second-order valence-corrected chi connectivity index (χ2v) is 6.54. The first-order valence-electron chi connectivity index (χ1n) is 7.62. The molecule has 0 unspecified atom stereocenters. The summed E-state index contributed by atoms with van der Waals surface area (Å²) in [6, 6.07) is 9.95. The van der Waals surface area contributed by atoms with E-state index in [9.17, 15) is 4.79 Å². The third-order valence-electron chi connectivity index (χ3n) is 3.55. The fourth-order valence-electron chi connectivity index (χ4n) is 2.46. The van der Waals surface area contributed by atoms with Gasteiger partial charge in [-0.15, -0.1) is 0 Å². The number of carbonyl (C=O) groups is 1. The van der Waals surface area contributed by atoms with Crippen LogP contribution in [0.1, 0.15) is 39.2 Å². The number of hydrogen-bond donors (Lipinski definition) is 1. The number of piperidine rings is 1. The summed E-state index contributed by atoms with van der Waals surface area (Å²) in [5.41, 5.74) is 1.05. The molecule has 5 nitrogen and oxygen atoms in total. The van der Waals surface area contributed by atoms with E-state index in [-0.39, 0.29) is 12.1 Å². The Kier molecular flexibility index (Phi) is 4.92. The minimum Gasteiger partial charge on any atom is -0.444 e. The molecule has 1 aliphatic heterocycles. The van der Waals surface area contributed by atoms with E-state index in [4.69, 9.17) is 10.00 Å². The molecular weight excluding hydrogens is 278 g/mol. The maximum Gasteiger partial charge on any atom is 0.410 e. The molecule has 2 rings (SSSR count). The van der Waals surface area contributed by atoms with Crippen molar-refractivity contribution in [1.82, 2.24) is 4.90 Å². The van der Waals surface area contributed by atoms with Gasteiger partial charge in [-0.05, 0) is 45.7 Å². The second kappa shape index (κ2) is 6.69. The van der Waals surface area contributed by atoms with Crippen molar-refractivity contribution < 1.29 is 9.53 Å². The van der Waals surface area contributed by atoms with Gasteiger partial charge in [-0.2, -0.15) is 5.26 Å². The van der Waals surface area contributed by atoms with Gasteiger partial charge in [0.2, 0.25) is 0 Å². The molecule has 0 radical (unpaired) electrons. The highest BCUT2D eigenvalue weighted by atomic mass is 16.6. The van der Waals surface area contributed by atoms with Crippen LogP contribution in [0.3, 0.4) is 0 Å². The van der Waals surface area contributed by atoms with Gasteiger partial charge < -0.3 is 15.0 Å². The molecule has 0 aliphatic carbocycles. The van der Waals surface area contributed by atoms with Crippen molar-refractivity contribution in [3.63, 3.8) is 0 Å². The van der Waals surface area contributed by atoms with Crippen LogP contribution in [0.15, 0.2) is 24.3 Å². The molecule has 0 saturated carbocycles. The van der Waals surface area contributed by atoms with Gasteiger partial charge in [0.05, 0.1) is 11.3 Å². The zero-order chi connectivity index (χ0) is 16.2. The smallest absolute Gasteiger partial charge is 0.410 e. The number of nitrogens with zero attached hydrogens (tertiary/aromatic N) is 2. The first kappa shape index (κ1) is 16.2. The standard InChI is InChI=1S/C17H23N3O2/c1-17(2,3)22-16(21)20-10-8-14(9-11-20)19-15-7-5-4-6-13(15)12-18/h4-7,14,19H,8-11H2,1-3H3. The first-order chi connectivity index (χ1) is 10.4. The lowest BCUT2D eigenvalue weighted by Crippen LogP contribution is -2.44. The van der Waals surface area contributed by atoms with Gasteiger partial charge in [-0.3, -0.25) is 0 Å². The first-order valence-corrected chi connectivity index (χ1v) is 7.62. The summed E-state index contributed by atoms with van der Waals surface area (Å²) in [7, 11) is 0. The quantitative estimate of drug-likeness (QED) is 0.909. The Hall–Kier alpha value is -2.22. The van der Waals surface area contributed by atoms with Crippen molar-refractivity contribution in [3.05, 3.63) is 29.8 Å². The third kappa shape index (κ3) is 4.39. The average Bonchev–Trinajstić information content (AvgIpc) is 2.47. The van der Waals surface area contributed by atoms with Crippen LogP contribution in [0.5, 0.6) is 0 Å². The molecule has 5 heteroatoms. The van der Waals surface area contributed by atoms with Crippen LogP contribution >= 0.6 is 0 Å². The number of benzene rings is 1. The Morgan fingerprint density at radius 1 is 1.32 bits per heavy atom. The molecule has 1 amide bonds. The molecule has 1 heterocycles. The highest BCUT2D eigenvalue weighted by Gasteiger charge is 2.26. The van der Waals surface area contributed by atoms with Crippen LogP contribution < -0.4 is 5.32 Å². The van der Waals surface area contributed by atoms with E-state index < -0.39 is 5.60 Å². The van der Waals surface area contributed by atoms with Gasteiger partial charge in [0.1, 0.15) is 11.7 Å². The van der Waals surface area contributed by atoms with Gasteiger partial charge in [0.25, 0.3) is 0 Å². The second-order valence-electron chi connectivity index (χ2n) is 6.54. The zero-order valence-electron chi connectivity index (χ0n) is 13.4. The average molecular weight is 301 g/mol. The lowest BCUT2D eigenvalue weighted by atomic mass is 10.0. The normalized spacial score (nSPS) is 16.0. The molecule has 0 spiro atoms. The number of nitrogens with one attached hydrogen (secondary N) is 1. The largest absolute Gasteiger partial charge is 0.444 e. The number of rotatable bonds is 2. The number of anilines is 1. The Morgan fingerprint density at radius 2 is 1.95 bits per heavy atom. The maximum atomic E-state index is 12.0. The predicted molar refractivity (Wildman–Crippen MR) is 85.6 cm³/mol. The van der Waals surface area contributed by atoms with E-state index in [1.165, 1.54) is 0 Å². The Labute approximate surface area is 131 Å². The van der Waals surface area contributed by atoms with Gasteiger partial charge in [-0.25, -0.2) is 4.79 Å². The number of nitriles is 1. The van der Waals surface area contributed by atoms with E-state index in [2.05, 4.69) is 11.4 Å². The molecule has 1 aliphatic rings. The van der Waals surface area contributed by atoms with Crippen LogP contribution in [-0.4, -0.2) is 35.7 Å². The number of likely N-dealkylation sites (tertiary alicyclic amines) is 1. The molecular formula is C17H23N3O2. The van der Waals surface area contributed by atoms with E-state index in [1.54, 1.807) is 11.0 Å². The van der Waals surface area contributed by atoms with Crippen molar-refractivity contribution in [3.8, 4) is 6.07 Å². The minimum absolute atomic E-state index is 0.247. The molecule has 1 fully saturated rings. The summed E-state index contributed by atoms with van der Waals surface area (Å²) in [6.45, 7) is 6.96. The van der Waals surface area contributed by atoms with Crippen molar-refractivity contribution in [2.45, 2.75) is 45.3 Å². The minimum atomic E-state index is -0.460. The van der Waals surface area contributed by atoms with Gasteiger partial charge in [0.15, 0.2) is 0 Å². The summed E-state index contributed by atoms with van der Waals surface area (Å²) in [4.78, 5) is 13.8. The predicted octanol–water partition coefficient (Wildman–Crippen LogP) is 3.37. The topological polar surface area (TPSA) is 65.4 Å². The third-order valence-corrected chi connectivity index (χ3v) is 3.55. The Balaban J connectivity index is 1.88.